The molecule has 4 bridgehead atoms. The summed E-state index contributed by atoms with van der Waals surface area (Å²) in [5.41, 5.74) is 3.08. The van der Waals surface area contributed by atoms with Gasteiger partial charge in [0.25, 0.3) is 0 Å². The number of hydrogen-bond acceptors (Lipinski definition) is 15. The average Bonchev–Trinajstić information content (AvgIpc) is 3.95. The quantitative estimate of drug-likeness (QED) is 0.147. The molecule has 59 heavy (non-hydrogen) atoms. The number of H-pyrrole nitrogens is 1. The molecule has 2 unspecified atom stereocenters. The van der Waals surface area contributed by atoms with E-state index in [1.54, 1.807) is 14.2 Å². The Labute approximate surface area is 343 Å². The van der Waals surface area contributed by atoms with Crippen molar-refractivity contribution >= 4 is 34.6 Å². The van der Waals surface area contributed by atoms with Gasteiger partial charge in [-0.1, -0.05) is 0 Å². The summed E-state index contributed by atoms with van der Waals surface area (Å²) in [4.78, 5) is 36.1. The second-order valence-electron chi connectivity index (χ2n) is 17.2. The van der Waals surface area contributed by atoms with Gasteiger partial charge in [0.2, 0.25) is 6.79 Å². The van der Waals surface area contributed by atoms with E-state index in [-0.39, 0.29) is 38.1 Å². The lowest BCUT2D eigenvalue weighted by atomic mass is 9.75. The number of aryl methyl sites for hydroxylation is 1. The van der Waals surface area contributed by atoms with Crippen LogP contribution >= 0.6 is 11.8 Å². The van der Waals surface area contributed by atoms with E-state index in [2.05, 4.69) is 33.1 Å². The molecule has 3 aromatic carbocycles. The molecule has 1 spiro atoms. The lowest BCUT2D eigenvalue weighted by Crippen LogP contribution is -2.67. The SMILES string of the molecule is COc1ccc2[nH]c3c(c2c1)C[C@H](CO)N[C@]31CS[C@@H]2c3c(OC(C)=O)c(C)c4c(c3[C@H](COC1=O)N1[C@@H]2[C@H]2c3c(cc(C)c(OC)c3O)C3(C)CC1(O)CN23)OCO4. The number of fused-ring (bicyclic) bond motifs is 11. The molecule has 8 atom stereocenters. The fourth-order valence-corrected chi connectivity index (χ4v) is 13.6. The average molecular weight is 827 g/mol. The van der Waals surface area contributed by atoms with Gasteiger partial charge in [0.05, 0.1) is 43.9 Å². The summed E-state index contributed by atoms with van der Waals surface area (Å²) in [5, 5.41) is 39.9. The highest BCUT2D eigenvalue weighted by Crippen LogP contribution is 2.71. The van der Waals surface area contributed by atoms with E-state index in [9.17, 15) is 20.1 Å². The topological polar surface area (TPSA) is 185 Å². The maximum absolute atomic E-state index is 15.1. The molecule has 1 aromatic heterocycles. The van der Waals surface area contributed by atoms with Crippen LogP contribution in [-0.4, -0.2) is 106 Å². The highest BCUT2D eigenvalue weighted by atomic mass is 32.2. The molecule has 16 heteroatoms. The van der Waals surface area contributed by atoms with Crippen molar-refractivity contribution in [2.45, 2.75) is 86.8 Å². The number of aromatic amines is 1. The summed E-state index contributed by atoms with van der Waals surface area (Å²) < 4.78 is 36.5. The van der Waals surface area contributed by atoms with Crippen LogP contribution in [0.5, 0.6) is 34.5 Å². The summed E-state index contributed by atoms with van der Waals surface area (Å²) in [7, 11) is 3.15. The fraction of sp³-hybridized carbons (Fsp3) is 0.488. The number of aromatic nitrogens is 1. The molecule has 5 N–H and O–H groups in total. The number of carbonyl (C=O) groups excluding carboxylic acids is 2. The zero-order chi connectivity index (χ0) is 41.1. The van der Waals surface area contributed by atoms with Crippen LogP contribution in [0.2, 0.25) is 0 Å². The van der Waals surface area contributed by atoms with E-state index in [0.717, 1.165) is 33.2 Å². The summed E-state index contributed by atoms with van der Waals surface area (Å²) in [6.45, 7) is 6.96. The molecule has 0 aliphatic carbocycles. The third-order valence-electron chi connectivity index (χ3n) is 14.1. The molecule has 8 aliphatic heterocycles. The third kappa shape index (κ3) is 4.67. The molecule has 310 valence electrons. The number of nitrogens with one attached hydrogen (secondary N) is 2. The number of piperazine rings is 1. The van der Waals surface area contributed by atoms with Gasteiger partial charge in [-0.05, 0) is 68.1 Å². The van der Waals surface area contributed by atoms with Crippen molar-refractivity contribution in [3.05, 3.63) is 68.9 Å². The van der Waals surface area contributed by atoms with Crippen LogP contribution < -0.4 is 29.0 Å². The number of aliphatic hydroxyl groups is 2. The predicted molar refractivity (Wildman–Crippen MR) is 213 cm³/mol. The van der Waals surface area contributed by atoms with E-state index in [4.69, 9.17) is 28.4 Å². The number of esters is 2. The smallest absolute Gasteiger partial charge is 0.333 e. The molecule has 0 saturated carbocycles. The van der Waals surface area contributed by atoms with Gasteiger partial charge in [-0.25, -0.2) is 4.79 Å². The Morgan fingerprint density at radius 3 is 2.61 bits per heavy atom. The first kappa shape index (κ1) is 37.3. The van der Waals surface area contributed by atoms with E-state index >= 15 is 4.79 Å². The van der Waals surface area contributed by atoms with Gasteiger partial charge < -0.3 is 48.7 Å². The maximum Gasteiger partial charge on any atom is 0.333 e. The highest BCUT2D eigenvalue weighted by molar-refractivity contribution is 7.99. The number of aromatic hydroxyl groups is 1. The molecular formula is C43H46N4O11S. The number of phenols is 1. The van der Waals surface area contributed by atoms with Crippen LogP contribution in [0.4, 0.5) is 0 Å². The number of benzene rings is 3. The van der Waals surface area contributed by atoms with Crippen molar-refractivity contribution in [3.8, 4) is 34.5 Å². The summed E-state index contributed by atoms with van der Waals surface area (Å²) in [6.07, 6.45) is 0.749. The fourth-order valence-electron chi connectivity index (χ4n) is 12.0. The predicted octanol–water partition coefficient (Wildman–Crippen LogP) is 4.00. The van der Waals surface area contributed by atoms with E-state index < -0.39 is 58.2 Å². The van der Waals surface area contributed by atoms with Gasteiger partial charge in [0.1, 0.15) is 23.8 Å². The van der Waals surface area contributed by atoms with Crippen LogP contribution in [0.1, 0.15) is 82.2 Å². The Hall–Kier alpha value is -4.71. The number of thioether (sulfide) groups is 1. The zero-order valence-corrected chi connectivity index (χ0v) is 34.4. The Kier molecular flexibility index (Phi) is 7.86. The Bertz CT molecular complexity index is 2540. The summed E-state index contributed by atoms with van der Waals surface area (Å²) in [6, 6.07) is 5.42. The van der Waals surface area contributed by atoms with Gasteiger partial charge in [-0.2, -0.15) is 0 Å². The van der Waals surface area contributed by atoms with Crippen molar-refractivity contribution in [2.75, 3.05) is 46.5 Å². The van der Waals surface area contributed by atoms with E-state index in [1.807, 2.05) is 32.0 Å². The van der Waals surface area contributed by atoms with Gasteiger partial charge in [-0.3, -0.25) is 19.9 Å². The monoisotopic (exact) mass is 826 g/mol. The molecule has 15 nitrogen and oxygen atoms in total. The van der Waals surface area contributed by atoms with Crippen LogP contribution in [0.15, 0.2) is 24.3 Å². The molecule has 9 heterocycles. The van der Waals surface area contributed by atoms with Crippen molar-refractivity contribution in [1.29, 1.82) is 0 Å². The zero-order valence-electron chi connectivity index (χ0n) is 33.6. The number of carbonyl (C=O) groups is 2. The Balaban J connectivity index is 1.18. The van der Waals surface area contributed by atoms with E-state index in [0.29, 0.717) is 64.0 Å². The molecule has 0 amide bonds. The van der Waals surface area contributed by atoms with Gasteiger partial charge in [0.15, 0.2) is 28.5 Å². The molecule has 3 fully saturated rings. The standard InChI is InChI=1S/C43H46N4O11S/c1-18-9-25-28(33(50)34(18)54-6)31-32-38-30-29(37-36(56-17-57-37)19(2)35(30)58-20(3)49)27(47(32)42(52)14-41(25,4)46(31)15-42)13-55-40(51)43(16-59-38)39-24(10-21(12-48)45-43)23-11-22(53-5)7-8-26(23)44-39/h7-9,11,21,27,31-32,38,44-45,48,50,52H,10,12-17H2,1-6H3/t21-,27+,31-,32-,38-,41?,42?,43-/m1/s1. The van der Waals surface area contributed by atoms with Crippen LogP contribution in [-0.2, 0) is 31.8 Å². The van der Waals surface area contributed by atoms with Crippen LogP contribution in [0.25, 0.3) is 10.9 Å². The Morgan fingerprint density at radius 1 is 1.07 bits per heavy atom. The number of ether oxygens (including phenoxy) is 6. The largest absolute Gasteiger partial charge is 0.504 e. The first-order valence-electron chi connectivity index (χ1n) is 20.0. The van der Waals surface area contributed by atoms with Crippen LogP contribution in [0.3, 0.4) is 0 Å². The lowest BCUT2D eigenvalue weighted by molar-refractivity contribution is -0.196. The van der Waals surface area contributed by atoms with Gasteiger partial charge >= 0.3 is 11.9 Å². The van der Waals surface area contributed by atoms with Crippen molar-refractivity contribution in [3.63, 3.8) is 0 Å². The lowest BCUT2D eigenvalue weighted by Gasteiger charge is -2.59. The minimum Gasteiger partial charge on any atom is -0.504 e. The normalized spacial score (nSPS) is 32.4. The molecule has 4 aromatic rings. The van der Waals surface area contributed by atoms with Crippen molar-refractivity contribution in [1.82, 2.24) is 20.1 Å². The number of nitrogens with zero attached hydrogens (tertiary/aromatic N) is 2. The molecule has 0 radical (unpaired) electrons. The molecular weight excluding hydrogens is 781 g/mol. The number of phenolic OH excluding ortho intramolecular Hbond substituents is 1. The summed E-state index contributed by atoms with van der Waals surface area (Å²) >= 11 is 1.48. The molecule has 3 saturated heterocycles. The first-order chi connectivity index (χ1) is 28.3. The Morgan fingerprint density at radius 2 is 1.86 bits per heavy atom. The highest BCUT2D eigenvalue weighted by Gasteiger charge is 2.72. The van der Waals surface area contributed by atoms with Crippen LogP contribution in [0, 0.1) is 13.8 Å². The maximum atomic E-state index is 15.1. The molecule has 8 aliphatic rings. The van der Waals surface area contributed by atoms with Crippen molar-refractivity contribution in [2.24, 2.45) is 0 Å². The number of rotatable bonds is 4. The van der Waals surface area contributed by atoms with Gasteiger partial charge in [-0.15, -0.1) is 11.8 Å². The first-order valence-corrected chi connectivity index (χ1v) is 21.0. The van der Waals surface area contributed by atoms with Gasteiger partial charge in [0, 0.05) is 76.4 Å². The number of methoxy groups -OCH3 is 2. The second-order valence-corrected chi connectivity index (χ2v) is 18.4. The number of hydrogen-bond donors (Lipinski definition) is 5. The molecule has 12 rings (SSSR count). The van der Waals surface area contributed by atoms with Crippen molar-refractivity contribution < 1.29 is 53.3 Å². The number of aliphatic hydroxyl groups excluding tert-OH is 1. The minimum atomic E-state index is -1.47. The minimum absolute atomic E-state index is 0.0505. The third-order valence-corrected chi connectivity index (χ3v) is 15.6. The van der Waals surface area contributed by atoms with E-state index in [1.165, 1.54) is 18.7 Å². The summed E-state index contributed by atoms with van der Waals surface area (Å²) in [5.74, 6) is 1.35. The second kappa shape index (κ2) is 12.4.